The van der Waals surface area contributed by atoms with Crippen molar-refractivity contribution in [3.8, 4) is 0 Å². The van der Waals surface area contributed by atoms with Crippen LogP contribution in [0.2, 0.25) is 5.02 Å². The normalized spacial score (nSPS) is 14.8. The number of carbonyl (C=O) groups excluding carboxylic acids is 1. The Hall–Kier alpha value is -3.28. The van der Waals surface area contributed by atoms with E-state index in [1.165, 1.54) is 6.20 Å². The molecule has 4 rings (SSSR count). The maximum atomic E-state index is 12.4. The van der Waals surface area contributed by atoms with Crippen molar-refractivity contribution in [3.63, 3.8) is 0 Å². The number of ether oxygens (including phenoxy) is 1. The molecule has 0 bridgehead atoms. The van der Waals surface area contributed by atoms with Gasteiger partial charge in [-0.3, -0.25) is 14.5 Å². The largest absolute Gasteiger partial charge is 0.394 e. The number of morpholine rings is 1. The lowest BCUT2D eigenvalue weighted by atomic mass is 10.1. The lowest BCUT2D eigenvalue weighted by Crippen LogP contribution is -2.42. The van der Waals surface area contributed by atoms with Gasteiger partial charge in [0, 0.05) is 31.7 Å². The van der Waals surface area contributed by atoms with Crippen molar-refractivity contribution < 1.29 is 14.6 Å². The van der Waals surface area contributed by atoms with Gasteiger partial charge in [0.15, 0.2) is 5.82 Å². The second kappa shape index (κ2) is 10.4. The summed E-state index contributed by atoms with van der Waals surface area (Å²) in [6.45, 7) is 2.26. The number of hydrogen-bond acceptors (Lipinski definition) is 9. The van der Waals surface area contributed by atoms with Gasteiger partial charge in [-0.25, -0.2) is 4.98 Å². The summed E-state index contributed by atoms with van der Waals surface area (Å²) in [4.78, 5) is 26.8. The van der Waals surface area contributed by atoms with Gasteiger partial charge in [-0.15, -0.1) is 0 Å². The lowest BCUT2D eigenvalue weighted by molar-refractivity contribution is -0.136. The van der Waals surface area contributed by atoms with E-state index in [1.54, 1.807) is 40.4 Å². The Balaban J connectivity index is 1.41. The zero-order valence-electron chi connectivity index (χ0n) is 17.2. The molecule has 3 aromatic rings. The molecule has 3 N–H and O–H groups in total. The Kier molecular flexibility index (Phi) is 7.10. The predicted octanol–water partition coefficient (Wildman–Crippen LogP) is 1.47. The quantitative estimate of drug-likeness (QED) is 0.459. The molecule has 32 heavy (non-hydrogen) atoms. The molecule has 1 saturated heterocycles. The third-order valence-electron chi connectivity index (χ3n) is 4.87. The highest BCUT2D eigenvalue weighted by atomic mass is 35.5. The topological polar surface area (TPSA) is 130 Å². The summed E-state index contributed by atoms with van der Waals surface area (Å²) in [6.07, 6.45) is 8.07. The molecule has 0 aliphatic carbocycles. The minimum absolute atomic E-state index is 0.0115. The van der Waals surface area contributed by atoms with Crippen molar-refractivity contribution >= 4 is 35.0 Å². The summed E-state index contributed by atoms with van der Waals surface area (Å²) in [7, 11) is 0. The van der Waals surface area contributed by atoms with Gasteiger partial charge in [0.2, 0.25) is 11.9 Å². The minimum Gasteiger partial charge on any atom is -0.394 e. The molecule has 12 heteroatoms. The smallest absolute Gasteiger partial charge is 0.244 e. The van der Waals surface area contributed by atoms with E-state index in [2.05, 4.69) is 30.7 Å². The van der Waals surface area contributed by atoms with E-state index in [4.69, 9.17) is 16.3 Å². The molecule has 0 unspecified atom stereocenters. The number of carbonyl (C=O) groups is 1. The highest BCUT2D eigenvalue weighted by Gasteiger charge is 2.18. The summed E-state index contributed by atoms with van der Waals surface area (Å²) in [5, 5.41) is 20.5. The van der Waals surface area contributed by atoms with E-state index in [0.717, 1.165) is 5.56 Å². The Morgan fingerprint density at radius 3 is 2.88 bits per heavy atom. The number of anilines is 3. The van der Waals surface area contributed by atoms with Gasteiger partial charge in [0.05, 0.1) is 43.9 Å². The van der Waals surface area contributed by atoms with E-state index < -0.39 is 6.04 Å². The van der Waals surface area contributed by atoms with Crippen molar-refractivity contribution in [1.82, 2.24) is 29.6 Å². The Labute approximate surface area is 189 Å². The molecule has 1 atom stereocenters. The first kappa shape index (κ1) is 21.9. The second-order valence-corrected chi connectivity index (χ2v) is 7.51. The van der Waals surface area contributed by atoms with E-state index >= 15 is 0 Å². The molecule has 1 amide bonds. The zero-order chi connectivity index (χ0) is 22.3. The Morgan fingerprint density at radius 2 is 2.12 bits per heavy atom. The molecule has 0 saturated carbocycles. The fourth-order valence-corrected chi connectivity index (χ4v) is 3.35. The van der Waals surface area contributed by atoms with E-state index in [0.29, 0.717) is 48.8 Å². The second-order valence-electron chi connectivity index (χ2n) is 7.10. The van der Waals surface area contributed by atoms with Crippen molar-refractivity contribution in [2.24, 2.45) is 0 Å². The molecule has 0 radical (unpaired) electrons. The zero-order valence-corrected chi connectivity index (χ0v) is 17.9. The first-order valence-corrected chi connectivity index (χ1v) is 10.4. The monoisotopic (exact) mass is 458 g/mol. The fraction of sp³-hybridized carbons (Fsp3) is 0.350. The van der Waals surface area contributed by atoms with Crippen LogP contribution in [0.15, 0.2) is 43.1 Å². The van der Waals surface area contributed by atoms with Gasteiger partial charge in [0.25, 0.3) is 0 Å². The predicted molar refractivity (Wildman–Crippen MR) is 118 cm³/mol. The maximum Gasteiger partial charge on any atom is 0.244 e. The van der Waals surface area contributed by atoms with Crippen LogP contribution in [-0.4, -0.2) is 73.6 Å². The Morgan fingerprint density at radius 1 is 1.28 bits per heavy atom. The van der Waals surface area contributed by atoms with Crippen LogP contribution < -0.4 is 10.6 Å². The summed E-state index contributed by atoms with van der Waals surface area (Å²) >= 11 is 6.24. The molecule has 168 valence electrons. The van der Waals surface area contributed by atoms with Gasteiger partial charge < -0.3 is 25.4 Å². The maximum absolute atomic E-state index is 12.4. The molecular formula is C20H23ClN8O3. The number of nitrogens with one attached hydrogen (secondary N) is 2. The number of aliphatic hydroxyl groups is 1. The first-order chi connectivity index (χ1) is 15.6. The summed E-state index contributed by atoms with van der Waals surface area (Å²) in [6, 6.07) is 3.20. The van der Waals surface area contributed by atoms with Gasteiger partial charge in [-0.1, -0.05) is 17.7 Å². The summed E-state index contributed by atoms with van der Waals surface area (Å²) in [5.74, 6) is 0.642. The highest BCUT2D eigenvalue weighted by Crippen LogP contribution is 2.25. The van der Waals surface area contributed by atoms with Gasteiger partial charge in [0.1, 0.15) is 11.6 Å². The molecule has 0 spiro atoms. The third kappa shape index (κ3) is 5.49. The van der Waals surface area contributed by atoms with Crippen molar-refractivity contribution in [2.75, 3.05) is 43.5 Å². The number of halogens is 1. The molecule has 0 aromatic carbocycles. The average molecular weight is 459 g/mol. The lowest BCUT2D eigenvalue weighted by Gasteiger charge is -2.26. The van der Waals surface area contributed by atoms with E-state index in [1.807, 2.05) is 6.07 Å². The van der Waals surface area contributed by atoms with Crippen molar-refractivity contribution in [3.05, 3.63) is 53.7 Å². The number of pyridine rings is 1. The van der Waals surface area contributed by atoms with Gasteiger partial charge in [-0.2, -0.15) is 10.1 Å². The first-order valence-electron chi connectivity index (χ1n) is 10.1. The van der Waals surface area contributed by atoms with Crippen LogP contribution in [0, 0.1) is 0 Å². The number of rotatable bonds is 8. The van der Waals surface area contributed by atoms with Crippen LogP contribution in [0.25, 0.3) is 0 Å². The Bertz CT molecular complexity index is 1040. The number of hydrogen-bond donors (Lipinski definition) is 3. The molecule has 3 aromatic heterocycles. The SMILES string of the molecule is O=C(Cn1cc(Nc2ncc(Cl)c(N[C@H](CO)c3cccnc3)n2)cn1)N1CCOCC1. The van der Waals surface area contributed by atoms with Crippen molar-refractivity contribution in [1.29, 1.82) is 0 Å². The number of amides is 1. The number of aromatic nitrogens is 5. The van der Waals surface area contributed by atoms with Crippen molar-refractivity contribution in [2.45, 2.75) is 12.6 Å². The minimum atomic E-state index is -0.433. The molecule has 4 heterocycles. The summed E-state index contributed by atoms with van der Waals surface area (Å²) in [5.41, 5.74) is 1.42. The van der Waals surface area contributed by atoms with Gasteiger partial charge >= 0.3 is 0 Å². The highest BCUT2D eigenvalue weighted by molar-refractivity contribution is 6.32. The van der Waals surface area contributed by atoms with E-state index in [9.17, 15) is 9.90 Å². The van der Waals surface area contributed by atoms with Gasteiger partial charge in [-0.05, 0) is 11.6 Å². The average Bonchev–Trinajstić information content (AvgIpc) is 3.27. The molecule has 1 aliphatic rings. The number of nitrogens with zero attached hydrogens (tertiary/aromatic N) is 6. The fourth-order valence-electron chi connectivity index (χ4n) is 3.21. The molecular weight excluding hydrogens is 436 g/mol. The van der Waals surface area contributed by atoms with E-state index in [-0.39, 0.29) is 19.1 Å². The number of aliphatic hydroxyl groups excluding tert-OH is 1. The molecule has 1 fully saturated rings. The van der Waals surface area contributed by atoms with Crippen LogP contribution in [0.4, 0.5) is 17.5 Å². The van der Waals surface area contributed by atoms with Crippen LogP contribution in [-0.2, 0) is 16.1 Å². The van der Waals surface area contributed by atoms with Crippen LogP contribution in [0.3, 0.4) is 0 Å². The summed E-state index contributed by atoms with van der Waals surface area (Å²) < 4.78 is 6.83. The molecule has 1 aliphatic heterocycles. The molecule has 11 nitrogen and oxygen atoms in total. The standard InChI is InChI=1S/C20H23ClN8O3/c21-16-10-23-20(27-19(16)26-17(13-30)14-2-1-3-22-8-14)25-15-9-24-29(11-15)12-18(31)28-4-6-32-7-5-28/h1-3,8-11,17,30H,4-7,12-13H2,(H2,23,25,26,27)/t17-/m1/s1. The van der Waals surface area contributed by atoms with Crippen LogP contribution in [0.5, 0.6) is 0 Å². The van der Waals surface area contributed by atoms with Crippen LogP contribution in [0.1, 0.15) is 11.6 Å². The third-order valence-corrected chi connectivity index (χ3v) is 5.15. The van der Waals surface area contributed by atoms with Crippen LogP contribution >= 0.6 is 11.6 Å².